The second-order valence-corrected chi connectivity index (χ2v) is 7.58. The number of anilines is 1. The Hall–Kier alpha value is -2.62. The maximum absolute atomic E-state index is 12.6. The van der Waals surface area contributed by atoms with Crippen LogP contribution in [0.2, 0.25) is 0 Å². The molecule has 0 aromatic heterocycles. The standard InChI is InChI=1S/C24H30N2O2/c1-2-19-10-6-7-11-22(19)26-24(28)21-14-12-20(13-15-21)23(27)25-17-16-18-8-4-3-5-9-18/h3-11,20-21H,2,12-17H2,1H3,(H,25,27)(H,26,28). The number of para-hydroxylation sites is 1. The van der Waals surface area contributed by atoms with E-state index in [0.29, 0.717) is 6.54 Å². The Morgan fingerprint density at radius 3 is 2.14 bits per heavy atom. The normalized spacial score (nSPS) is 19.0. The molecule has 0 spiro atoms. The number of aryl methyl sites for hydroxylation is 1. The van der Waals surface area contributed by atoms with Crippen molar-refractivity contribution in [2.45, 2.75) is 45.4 Å². The van der Waals surface area contributed by atoms with Gasteiger partial charge in [-0.25, -0.2) is 0 Å². The van der Waals surface area contributed by atoms with Crippen molar-refractivity contribution in [2.75, 3.05) is 11.9 Å². The van der Waals surface area contributed by atoms with E-state index in [9.17, 15) is 9.59 Å². The maximum Gasteiger partial charge on any atom is 0.227 e. The zero-order valence-corrected chi connectivity index (χ0v) is 16.6. The molecule has 2 amide bonds. The third-order valence-electron chi connectivity index (χ3n) is 5.68. The summed E-state index contributed by atoms with van der Waals surface area (Å²) in [4.78, 5) is 25.1. The van der Waals surface area contributed by atoms with E-state index >= 15 is 0 Å². The fourth-order valence-corrected chi connectivity index (χ4v) is 3.92. The minimum absolute atomic E-state index is 0.00159. The lowest BCUT2D eigenvalue weighted by Gasteiger charge is -2.27. The topological polar surface area (TPSA) is 58.2 Å². The summed E-state index contributed by atoms with van der Waals surface area (Å²) < 4.78 is 0. The highest BCUT2D eigenvalue weighted by atomic mass is 16.2. The highest BCUT2D eigenvalue weighted by Crippen LogP contribution is 2.30. The molecule has 148 valence electrons. The van der Waals surface area contributed by atoms with Crippen LogP contribution in [0.15, 0.2) is 54.6 Å². The Morgan fingerprint density at radius 2 is 1.46 bits per heavy atom. The molecule has 0 heterocycles. The quantitative estimate of drug-likeness (QED) is 0.752. The minimum Gasteiger partial charge on any atom is -0.356 e. The Bertz CT molecular complexity index is 780. The molecule has 0 bridgehead atoms. The van der Waals surface area contributed by atoms with Gasteiger partial charge in [-0.1, -0.05) is 55.5 Å². The van der Waals surface area contributed by atoms with E-state index in [1.54, 1.807) is 0 Å². The molecule has 4 nitrogen and oxygen atoms in total. The maximum atomic E-state index is 12.6. The van der Waals surface area contributed by atoms with Gasteiger partial charge in [-0.3, -0.25) is 9.59 Å². The number of hydrogen-bond donors (Lipinski definition) is 2. The van der Waals surface area contributed by atoms with Gasteiger partial charge in [0.25, 0.3) is 0 Å². The Morgan fingerprint density at radius 1 is 0.857 bits per heavy atom. The van der Waals surface area contributed by atoms with Crippen LogP contribution in [0.5, 0.6) is 0 Å². The number of benzene rings is 2. The zero-order valence-electron chi connectivity index (χ0n) is 16.6. The average molecular weight is 379 g/mol. The number of carbonyl (C=O) groups is 2. The molecule has 0 aliphatic heterocycles. The van der Waals surface area contributed by atoms with Gasteiger partial charge in [0.05, 0.1) is 0 Å². The van der Waals surface area contributed by atoms with Crippen LogP contribution in [0.3, 0.4) is 0 Å². The second-order valence-electron chi connectivity index (χ2n) is 7.58. The highest BCUT2D eigenvalue weighted by molar-refractivity contribution is 5.93. The first-order valence-electron chi connectivity index (χ1n) is 10.4. The lowest BCUT2D eigenvalue weighted by Crippen LogP contribution is -2.36. The minimum atomic E-state index is -0.00159. The van der Waals surface area contributed by atoms with Crippen LogP contribution in [-0.2, 0) is 22.4 Å². The Labute approximate surface area is 167 Å². The molecule has 2 N–H and O–H groups in total. The third-order valence-corrected chi connectivity index (χ3v) is 5.68. The average Bonchev–Trinajstić information content (AvgIpc) is 2.75. The van der Waals surface area contributed by atoms with Gasteiger partial charge >= 0.3 is 0 Å². The van der Waals surface area contributed by atoms with Crippen molar-refractivity contribution in [1.82, 2.24) is 5.32 Å². The molecule has 0 radical (unpaired) electrons. The largest absolute Gasteiger partial charge is 0.356 e. The van der Waals surface area contributed by atoms with E-state index < -0.39 is 0 Å². The Kier molecular flexibility index (Phi) is 7.24. The van der Waals surface area contributed by atoms with E-state index in [0.717, 1.165) is 49.8 Å². The van der Waals surface area contributed by atoms with Crippen LogP contribution in [0.4, 0.5) is 5.69 Å². The van der Waals surface area contributed by atoms with Crippen molar-refractivity contribution < 1.29 is 9.59 Å². The van der Waals surface area contributed by atoms with Crippen molar-refractivity contribution in [3.05, 3.63) is 65.7 Å². The molecular formula is C24H30N2O2. The molecule has 4 heteroatoms. The van der Waals surface area contributed by atoms with Gasteiger partial charge in [0.15, 0.2) is 0 Å². The molecule has 1 saturated carbocycles. The molecule has 0 saturated heterocycles. The van der Waals surface area contributed by atoms with Gasteiger partial charge < -0.3 is 10.6 Å². The summed E-state index contributed by atoms with van der Waals surface area (Å²) in [6.07, 6.45) is 4.86. The molecule has 1 aliphatic carbocycles. The monoisotopic (exact) mass is 378 g/mol. The summed E-state index contributed by atoms with van der Waals surface area (Å²) in [6.45, 7) is 2.75. The first-order valence-corrected chi connectivity index (χ1v) is 10.4. The summed E-state index contributed by atoms with van der Waals surface area (Å²) in [7, 11) is 0. The number of amides is 2. The van der Waals surface area contributed by atoms with Gasteiger partial charge in [-0.2, -0.15) is 0 Å². The predicted octanol–water partition coefficient (Wildman–Crippen LogP) is 4.35. The van der Waals surface area contributed by atoms with Crippen molar-refractivity contribution in [3.63, 3.8) is 0 Å². The molecule has 2 aromatic rings. The van der Waals surface area contributed by atoms with E-state index in [1.807, 2.05) is 42.5 Å². The Balaban J connectivity index is 1.42. The number of carbonyl (C=O) groups excluding carboxylic acids is 2. The van der Waals surface area contributed by atoms with Crippen LogP contribution < -0.4 is 10.6 Å². The zero-order chi connectivity index (χ0) is 19.8. The molecule has 0 atom stereocenters. The molecule has 0 unspecified atom stereocenters. The van der Waals surface area contributed by atoms with Crippen LogP contribution in [-0.4, -0.2) is 18.4 Å². The van der Waals surface area contributed by atoms with Crippen LogP contribution in [0, 0.1) is 11.8 Å². The predicted molar refractivity (Wildman–Crippen MR) is 113 cm³/mol. The summed E-state index contributed by atoms with van der Waals surface area (Å²) in [6, 6.07) is 18.1. The molecule has 1 fully saturated rings. The lowest BCUT2D eigenvalue weighted by atomic mass is 9.81. The molecule has 1 aliphatic rings. The molecule has 2 aromatic carbocycles. The lowest BCUT2D eigenvalue weighted by molar-refractivity contribution is -0.128. The van der Waals surface area contributed by atoms with Gasteiger partial charge in [-0.15, -0.1) is 0 Å². The summed E-state index contributed by atoms with van der Waals surface area (Å²) in [5, 5.41) is 6.15. The molecule has 3 rings (SSSR count). The first-order chi connectivity index (χ1) is 13.7. The third kappa shape index (κ3) is 5.44. The number of hydrogen-bond acceptors (Lipinski definition) is 2. The van der Waals surface area contributed by atoms with Gasteiger partial charge in [0.2, 0.25) is 11.8 Å². The fourth-order valence-electron chi connectivity index (χ4n) is 3.92. The van der Waals surface area contributed by atoms with Gasteiger partial charge in [0, 0.05) is 24.1 Å². The number of nitrogens with one attached hydrogen (secondary N) is 2. The van der Waals surface area contributed by atoms with E-state index in [1.165, 1.54) is 5.56 Å². The van der Waals surface area contributed by atoms with Gasteiger partial charge in [-0.05, 0) is 55.7 Å². The molecule has 28 heavy (non-hydrogen) atoms. The SMILES string of the molecule is CCc1ccccc1NC(=O)C1CCC(C(=O)NCCc2ccccc2)CC1. The highest BCUT2D eigenvalue weighted by Gasteiger charge is 2.30. The summed E-state index contributed by atoms with van der Waals surface area (Å²) >= 11 is 0. The van der Waals surface area contributed by atoms with Crippen LogP contribution >= 0.6 is 0 Å². The van der Waals surface area contributed by atoms with Crippen molar-refractivity contribution in [1.29, 1.82) is 0 Å². The van der Waals surface area contributed by atoms with Crippen molar-refractivity contribution >= 4 is 17.5 Å². The summed E-state index contributed by atoms with van der Waals surface area (Å²) in [5.41, 5.74) is 3.30. The van der Waals surface area contributed by atoms with E-state index in [2.05, 4.69) is 29.7 Å². The van der Waals surface area contributed by atoms with Gasteiger partial charge in [0.1, 0.15) is 0 Å². The second kappa shape index (κ2) is 10.1. The molecular weight excluding hydrogens is 348 g/mol. The smallest absolute Gasteiger partial charge is 0.227 e. The van der Waals surface area contributed by atoms with E-state index in [4.69, 9.17) is 0 Å². The van der Waals surface area contributed by atoms with Crippen molar-refractivity contribution in [3.8, 4) is 0 Å². The van der Waals surface area contributed by atoms with Crippen molar-refractivity contribution in [2.24, 2.45) is 11.8 Å². The first kappa shape index (κ1) is 20.1. The van der Waals surface area contributed by atoms with E-state index in [-0.39, 0.29) is 23.7 Å². The fraction of sp³-hybridized carbons (Fsp3) is 0.417. The van der Waals surface area contributed by atoms with Crippen LogP contribution in [0.1, 0.15) is 43.7 Å². The number of rotatable bonds is 7. The summed E-state index contributed by atoms with van der Waals surface area (Å²) in [5.74, 6) is 0.246. The van der Waals surface area contributed by atoms with Crippen LogP contribution in [0.25, 0.3) is 0 Å².